The van der Waals surface area contributed by atoms with Gasteiger partial charge in [0.2, 0.25) is 0 Å². The molecule has 1 rings (SSSR count). The van der Waals surface area contributed by atoms with E-state index in [1.54, 1.807) is 0 Å². The number of alkyl halides is 3. The lowest BCUT2D eigenvalue weighted by molar-refractivity contribution is -0.137. The van der Waals surface area contributed by atoms with Crippen LogP contribution >= 0.6 is 15.9 Å². The van der Waals surface area contributed by atoms with Crippen molar-refractivity contribution in [1.82, 2.24) is 0 Å². The van der Waals surface area contributed by atoms with Crippen LogP contribution in [0.3, 0.4) is 0 Å². The molecular weight excluding hydrogens is 257 g/mol. The van der Waals surface area contributed by atoms with Gasteiger partial charge < -0.3 is 0 Å². The first-order valence-corrected chi connectivity index (χ1v) is 4.53. The van der Waals surface area contributed by atoms with Gasteiger partial charge in [0.15, 0.2) is 0 Å². The Morgan fingerprint density at radius 2 is 2.00 bits per heavy atom. The number of halogens is 4. The van der Waals surface area contributed by atoms with Gasteiger partial charge in [-0.2, -0.15) is 13.2 Å². The molecule has 0 saturated heterocycles. The molecule has 0 radical (unpaired) electrons. The van der Waals surface area contributed by atoms with E-state index in [4.69, 9.17) is 6.42 Å². The molecule has 14 heavy (non-hydrogen) atoms. The Bertz CT molecular complexity index is 374. The highest BCUT2D eigenvalue weighted by atomic mass is 79.9. The lowest BCUT2D eigenvalue weighted by Gasteiger charge is -2.08. The Balaban J connectivity index is 3.14. The van der Waals surface area contributed by atoms with Gasteiger partial charge in [-0.05, 0) is 23.8 Å². The Morgan fingerprint density at radius 3 is 2.50 bits per heavy atom. The quantitative estimate of drug-likeness (QED) is 0.678. The number of hydrogen-bond acceptors (Lipinski definition) is 0. The van der Waals surface area contributed by atoms with Crippen LogP contribution in [0.5, 0.6) is 0 Å². The topological polar surface area (TPSA) is 0 Å². The highest BCUT2D eigenvalue weighted by Gasteiger charge is 2.30. The van der Waals surface area contributed by atoms with Gasteiger partial charge in [0, 0.05) is 10.9 Å². The summed E-state index contributed by atoms with van der Waals surface area (Å²) in [5, 5.41) is 0. The van der Waals surface area contributed by atoms with Crippen molar-refractivity contribution in [3.63, 3.8) is 0 Å². The number of terminal acetylenes is 1. The molecule has 0 aliphatic carbocycles. The van der Waals surface area contributed by atoms with Gasteiger partial charge in [0.25, 0.3) is 0 Å². The van der Waals surface area contributed by atoms with Crippen LogP contribution in [-0.2, 0) is 12.6 Å². The lowest BCUT2D eigenvalue weighted by atomic mass is 10.1. The molecule has 4 heteroatoms. The summed E-state index contributed by atoms with van der Waals surface area (Å²) in [5.74, 6) is 2.31. The predicted octanol–water partition coefficient (Wildman–Crippen LogP) is 3.64. The Labute approximate surface area is 88.3 Å². The molecule has 0 atom stereocenters. The molecule has 0 amide bonds. The molecule has 0 saturated carbocycles. The molecule has 0 fully saturated rings. The van der Waals surface area contributed by atoms with Crippen LogP contribution in [0.4, 0.5) is 13.2 Å². The summed E-state index contributed by atoms with van der Waals surface area (Å²) < 4.78 is 37.4. The SMILES string of the molecule is C#CCc1cc(C(F)(F)F)ccc1Br. The van der Waals surface area contributed by atoms with Crippen molar-refractivity contribution in [2.24, 2.45) is 0 Å². The van der Waals surface area contributed by atoms with Crippen LogP contribution < -0.4 is 0 Å². The van der Waals surface area contributed by atoms with Crippen LogP contribution in [0.15, 0.2) is 22.7 Å². The highest BCUT2D eigenvalue weighted by Crippen LogP contribution is 2.31. The smallest absolute Gasteiger partial charge is 0.166 e. The molecule has 1 aromatic carbocycles. The summed E-state index contributed by atoms with van der Waals surface area (Å²) in [6.45, 7) is 0. The summed E-state index contributed by atoms with van der Waals surface area (Å²) in [6, 6.07) is 3.43. The van der Waals surface area contributed by atoms with Crippen molar-refractivity contribution in [1.29, 1.82) is 0 Å². The minimum atomic E-state index is -4.32. The van der Waals surface area contributed by atoms with Crippen LogP contribution in [0.2, 0.25) is 0 Å². The first-order chi connectivity index (χ1) is 6.45. The van der Waals surface area contributed by atoms with E-state index in [2.05, 4.69) is 21.9 Å². The molecule has 0 heterocycles. The van der Waals surface area contributed by atoms with Crippen molar-refractivity contribution < 1.29 is 13.2 Å². The second-order valence-electron chi connectivity index (χ2n) is 2.68. The average Bonchev–Trinajstić information content (AvgIpc) is 2.07. The standard InChI is InChI=1S/C10H6BrF3/c1-2-3-7-6-8(10(12,13)14)4-5-9(7)11/h1,4-6H,3H2. The Morgan fingerprint density at radius 1 is 1.36 bits per heavy atom. The van der Waals surface area contributed by atoms with E-state index in [1.165, 1.54) is 6.07 Å². The first-order valence-electron chi connectivity index (χ1n) is 3.74. The third-order valence-electron chi connectivity index (χ3n) is 1.67. The van der Waals surface area contributed by atoms with E-state index in [0.717, 1.165) is 12.1 Å². The zero-order chi connectivity index (χ0) is 10.8. The fraction of sp³-hybridized carbons (Fsp3) is 0.200. The molecular formula is C10H6BrF3. The van der Waals surface area contributed by atoms with Crippen molar-refractivity contribution >= 4 is 15.9 Å². The van der Waals surface area contributed by atoms with Gasteiger partial charge >= 0.3 is 6.18 Å². The maximum atomic E-state index is 12.3. The highest BCUT2D eigenvalue weighted by molar-refractivity contribution is 9.10. The predicted molar refractivity (Wildman–Crippen MR) is 51.7 cm³/mol. The maximum absolute atomic E-state index is 12.3. The van der Waals surface area contributed by atoms with Gasteiger partial charge in [-0.25, -0.2) is 0 Å². The summed E-state index contributed by atoms with van der Waals surface area (Å²) in [5.41, 5.74) is -0.201. The number of benzene rings is 1. The summed E-state index contributed by atoms with van der Waals surface area (Å²) in [7, 11) is 0. The van der Waals surface area contributed by atoms with Crippen molar-refractivity contribution in [3.8, 4) is 12.3 Å². The zero-order valence-corrected chi connectivity index (χ0v) is 8.61. The van der Waals surface area contributed by atoms with E-state index >= 15 is 0 Å². The van der Waals surface area contributed by atoms with Gasteiger partial charge in [-0.3, -0.25) is 0 Å². The third-order valence-corrected chi connectivity index (χ3v) is 2.44. The fourth-order valence-electron chi connectivity index (χ4n) is 0.996. The van der Waals surface area contributed by atoms with Gasteiger partial charge in [-0.1, -0.05) is 15.9 Å². The van der Waals surface area contributed by atoms with Crippen molar-refractivity contribution in [2.75, 3.05) is 0 Å². The number of rotatable bonds is 1. The molecule has 1 aromatic rings. The first kappa shape index (κ1) is 11.1. The fourth-order valence-corrected chi connectivity index (χ4v) is 1.38. The van der Waals surface area contributed by atoms with Crippen LogP contribution in [0, 0.1) is 12.3 Å². The summed E-state index contributed by atoms with van der Waals surface area (Å²) in [4.78, 5) is 0. The average molecular weight is 263 g/mol. The summed E-state index contributed by atoms with van der Waals surface area (Å²) in [6.07, 6.45) is 0.906. The molecule has 0 nitrogen and oxygen atoms in total. The van der Waals surface area contributed by atoms with E-state index in [-0.39, 0.29) is 6.42 Å². The van der Waals surface area contributed by atoms with Crippen LogP contribution in [0.25, 0.3) is 0 Å². The van der Waals surface area contributed by atoms with Crippen LogP contribution in [0.1, 0.15) is 11.1 Å². The Hall–Kier alpha value is -0.950. The second-order valence-corrected chi connectivity index (χ2v) is 3.54. The Kier molecular flexibility index (Phi) is 3.22. The van der Waals surface area contributed by atoms with Crippen molar-refractivity contribution in [2.45, 2.75) is 12.6 Å². The van der Waals surface area contributed by atoms with Gasteiger partial charge in [-0.15, -0.1) is 12.3 Å². The van der Waals surface area contributed by atoms with E-state index in [1.807, 2.05) is 0 Å². The second kappa shape index (κ2) is 4.05. The van der Waals surface area contributed by atoms with E-state index in [9.17, 15) is 13.2 Å². The summed E-state index contributed by atoms with van der Waals surface area (Å²) >= 11 is 3.14. The molecule has 0 aliphatic rings. The van der Waals surface area contributed by atoms with E-state index < -0.39 is 11.7 Å². The van der Waals surface area contributed by atoms with Crippen LogP contribution in [-0.4, -0.2) is 0 Å². The zero-order valence-electron chi connectivity index (χ0n) is 7.03. The molecule has 0 aliphatic heterocycles. The molecule has 0 aromatic heterocycles. The van der Waals surface area contributed by atoms with E-state index in [0.29, 0.717) is 10.0 Å². The normalized spacial score (nSPS) is 11.1. The number of hydrogen-bond donors (Lipinski definition) is 0. The molecule has 0 N–H and O–H groups in total. The minimum absolute atomic E-state index is 0.185. The van der Waals surface area contributed by atoms with Gasteiger partial charge in [0.1, 0.15) is 0 Å². The minimum Gasteiger partial charge on any atom is -0.166 e. The third kappa shape index (κ3) is 2.52. The lowest BCUT2D eigenvalue weighted by Crippen LogP contribution is -2.05. The van der Waals surface area contributed by atoms with Crippen molar-refractivity contribution in [3.05, 3.63) is 33.8 Å². The largest absolute Gasteiger partial charge is 0.416 e. The molecule has 74 valence electrons. The molecule has 0 bridgehead atoms. The monoisotopic (exact) mass is 262 g/mol. The van der Waals surface area contributed by atoms with Gasteiger partial charge in [0.05, 0.1) is 5.56 Å². The molecule has 0 unspecified atom stereocenters. The maximum Gasteiger partial charge on any atom is 0.416 e. The molecule has 0 spiro atoms.